The lowest BCUT2D eigenvalue weighted by Gasteiger charge is -2.33. The van der Waals surface area contributed by atoms with Crippen LogP contribution in [0, 0.1) is 5.82 Å². The number of amides is 2. The number of aromatic nitrogens is 4. The predicted molar refractivity (Wildman–Crippen MR) is 108 cm³/mol. The van der Waals surface area contributed by atoms with Crippen molar-refractivity contribution in [2.45, 2.75) is 31.7 Å². The van der Waals surface area contributed by atoms with Gasteiger partial charge >= 0.3 is 0 Å². The van der Waals surface area contributed by atoms with Crippen LogP contribution in [0.2, 0.25) is 0 Å². The van der Waals surface area contributed by atoms with Gasteiger partial charge in [0, 0.05) is 37.1 Å². The number of halogens is 1. The van der Waals surface area contributed by atoms with Crippen molar-refractivity contribution < 1.29 is 14.0 Å². The molecule has 1 atom stereocenters. The van der Waals surface area contributed by atoms with Crippen LogP contribution in [-0.2, 0) is 4.79 Å². The minimum atomic E-state index is -0.497. The summed E-state index contributed by atoms with van der Waals surface area (Å²) < 4.78 is 15.4. The van der Waals surface area contributed by atoms with E-state index in [0.717, 1.165) is 18.5 Å². The molecule has 30 heavy (non-hydrogen) atoms. The monoisotopic (exact) mass is 410 g/mol. The van der Waals surface area contributed by atoms with Gasteiger partial charge in [-0.3, -0.25) is 19.4 Å². The highest BCUT2D eigenvalue weighted by Crippen LogP contribution is 2.28. The predicted octanol–water partition coefficient (Wildman–Crippen LogP) is 2.96. The third-order valence-electron chi connectivity index (χ3n) is 5.48. The number of hydrogen-bond acceptors (Lipinski definition) is 4. The Morgan fingerprint density at radius 3 is 2.70 bits per heavy atom. The number of benzene rings is 1. The molecule has 3 heterocycles. The number of carbonyl (C=O) groups is 2. The molecule has 2 N–H and O–H groups in total. The van der Waals surface area contributed by atoms with Gasteiger partial charge in [-0.05, 0) is 44.0 Å². The highest BCUT2D eigenvalue weighted by molar-refractivity contribution is 6.03. The molecule has 9 heteroatoms. The number of likely N-dealkylation sites (tertiary alicyclic amines) is 1. The van der Waals surface area contributed by atoms with Gasteiger partial charge < -0.3 is 10.2 Å². The first-order chi connectivity index (χ1) is 14.5. The average molecular weight is 410 g/mol. The molecule has 2 amide bonds. The lowest BCUT2D eigenvalue weighted by molar-refractivity contribution is -0.135. The number of nitrogens with zero attached hydrogens (tertiary/aromatic N) is 4. The normalized spacial score (nSPS) is 15.7. The summed E-state index contributed by atoms with van der Waals surface area (Å²) in [5.74, 6) is -0.741. The van der Waals surface area contributed by atoms with E-state index in [1.54, 1.807) is 41.3 Å². The minimum absolute atomic E-state index is 0.0479. The molecule has 2 aromatic heterocycles. The van der Waals surface area contributed by atoms with Crippen molar-refractivity contribution >= 4 is 17.5 Å². The van der Waals surface area contributed by atoms with Crippen LogP contribution in [0.15, 0.2) is 48.8 Å². The molecule has 1 fully saturated rings. The zero-order chi connectivity index (χ0) is 21.1. The Kier molecular flexibility index (Phi) is 5.60. The molecule has 3 aromatic rings. The summed E-state index contributed by atoms with van der Waals surface area (Å²) in [4.78, 5) is 26.9. The van der Waals surface area contributed by atoms with Crippen LogP contribution in [0.3, 0.4) is 0 Å². The van der Waals surface area contributed by atoms with Crippen molar-refractivity contribution in [1.82, 2.24) is 24.9 Å². The third kappa shape index (κ3) is 4.10. The number of para-hydroxylation sites is 1. The third-order valence-corrected chi connectivity index (χ3v) is 5.48. The summed E-state index contributed by atoms with van der Waals surface area (Å²) in [6, 6.07) is 9.16. The number of rotatable bonds is 5. The Hall–Kier alpha value is -3.49. The van der Waals surface area contributed by atoms with Gasteiger partial charge in [-0.1, -0.05) is 12.1 Å². The van der Waals surface area contributed by atoms with Crippen LogP contribution in [0.1, 0.15) is 47.9 Å². The van der Waals surface area contributed by atoms with Gasteiger partial charge in [0.15, 0.2) is 5.69 Å². The van der Waals surface area contributed by atoms with E-state index >= 15 is 0 Å². The van der Waals surface area contributed by atoms with Gasteiger partial charge in [-0.25, -0.2) is 4.39 Å². The molecule has 1 aliphatic rings. The van der Waals surface area contributed by atoms with Gasteiger partial charge in [0.25, 0.3) is 5.91 Å². The topological polar surface area (TPSA) is 95.9 Å². The first-order valence-electron chi connectivity index (χ1n) is 9.92. The molecule has 1 aliphatic heterocycles. The average Bonchev–Trinajstić information content (AvgIpc) is 3.47. The molecule has 0 radical (unpaired) electrons. The van der Waals surface area contributed by atoms with Crippen LogP contribution >= 0.6 is 0 Å². The number of nitrogens with one attached hydrogen (secondary N) is 2. The maximum Gasteiger partial charge on any atom is 0.276 e. The minimum Gasteiger partial charge on any atom is -0.341 e. The number of H-pyrrole nitrogens is 1. The maximum atomic E-state index is 13.7. The van der Waals surface area contributed by atoms with Gasteiger partial charge in [0.1, 0.15) is 11.9 Å². The summed E-state index contributed by atoms with van der Waals surface area (Å²) in [5, 5.41) is 13.7. The SMILES string of the molecule is CC(C(=O)N1CCC(c2cc(C(=O)Nc3ccccc3F)n[nH]2)CC1)n1cccn1. The van der Waals surface area contributed by atoms with E-state index < -0.39 is 11.7 Å². The molecule has 0 saturated carbocycles. The molecule has 0 spiro atoms. The van der Waals surface area contributed by atoms with Crippen molar-refractivity contribution in [2.24, 2.45) is 0 Å². The van der Waals surface area contributed by atoms with Gasteiger partial charge in [0.05, 0.1) is 5.69 Å². The van der Waals surface area contributed by atoms with E-state index in [1.807, 2.05) is 11.8 Å². The van der Waals surface area contributed by atoms with E-state index in [-0.39, 0.29) is 29.2 Å². The fourth-order valence-electron chi connectivity index (χ4n) is 3.71. The molecular formula is C21H23FN6O2. The van der Waals surface area contributed by atoms with Crippen LogP contribution in [0.5, 0.6) is 0 Å². The highest BCUT2D eigenvalue weighted by Gasteiger charge is 2.28. The Labute approximate surface area is 173 Å². The van der Waals surface area contributed by atoms with E-state index in [4.69, 9.17) is 0 Å². The van der Waals surface area contributed by atoms with Crippen molar-refractivity contribution in [3.8, 4) is 0 Å². The molecule has 1 saturated heterocycles. The van der Waals surface area contributed by atoms with Crippen molar-refractivity contribution in [2.75, 3.05) is 18.4 Å². The molecule has 0 aliphatic carbocycles. The zero-order valence-corrected chi connectivity index (χ0v) is 16.6. The molecule has 8 nitrogen and oxygen atoms in total. The van der Waals surface area contributed by atoms with Crippen molar-refractivity contribution in [1.29, 1.82) is 0 Å². The number of anilines is 1. The van der Waals surface area contributed by atoms with E-state index in [1.165, 1.54) is 12.1 Å². The Morgan fingerprint density at radius 2 is 2.00 bits per heavy atom. The maximum absolute atomic E-state index is 13.7. The largest absolute Gasteiger partial charge is 0.341 e. The summed E-state index contributed by atoms with van der Waals surface area (Å²) in [7, 11) is 0. The number of piperidine rings is 1. The Bertz CT molecular complexity index is 1020. The van der Waals surface area contributed by atoms with E-state index in [0.29, 0.717) is 13.1 Å². The quantitative estimate of drug-likeness (QED) is 0.676. The van der Waals surface area contributed by atoms with Crippen LogP contribution < -0.4 is 5.32 Å². The number of hydrogen-bond donors (Lipinski definition) is 2. The highest BCUT2D eigenvalue weighted by atomic mass is 19.1. The number of carbonyl (C=O) groups excluding carboxylic acids is 2. The summed E-state index contributed by atoms with van der Waals surface area (Å²) >= 11 is 0. The van der Waals surface area contributed by atoms with E-state index in [2.05, 4.69) is 20.6 Å². The fraction of sp³-hybridized carbons (Fsp3) is 0.333. The molecule has 1 unspecified atom stereocenters. The zero-order valence-electron chi connectivity index (χ0n) is 16.6. The molecular weight excluding hydrogens is 387 g/mol. The number of aromatic amines is 1. The summed E-state index contributed by atoms with van der Waals surface area (Å²) in [6.07, 6.45) is 4.99. The molecule has 0 bridgehead atoms. The first-order valence-corrected chi connectivity index (χ1v) is 9.92. The van der Waals surface area contributed by atoms with Crippen molar-refractivity contribution in [3.05, 3.63) is 66.0 Å². The molecule has 156 valence electrons. The Balaban J connectivity index is 1.34. The van der Waals surface area contributed by atoms with E-state index in [9.17, 15) is 14.0 Å². The summed E-state index contributed by atoms with van der Waals surface area (Å²) in [6.45, 7) is 3.10. The lowest BCUT2D eigenvalue weighted by atomic mass is 9.93. The Morgan fingerprint density at radius 1 is 1.23 bits per heavy atom. The fourth-order valence-corrected chi connectivity index (χ4v) is 3.71. The second kappa shape index (κ2) is 8.48. The second-order valence-electron chi connectivity index (χ2n) is 7.40. The van der Waals surface area contributed by atoms with Gasteiger partial charge in [-0.2, -0.15) is 10.2 Å². The van der Waals surface area contributed by atoms with Crippen LogP contribution in [-0.4, -0.2) is 49.8 Å². The summed E-state index contributed by atoms with van der Waals surface area (Å²) in [5.41, 5.74) is 1.17. The van der Waals surface area contributed by atoms with Crippen molar-refractivity contribution in [3.63, 3.8) is 0 Å². The van der Waals surface area contributed by atoms with Gasteiger partial charge in [0.2, 0.25) is 5.91 Å². The smallest absolute Gasteiger partial charge is 0.276 e. The first kappa shape index (κ1) is 19.8. The molecule has 4 rings (SSSR count). The van der Waals surface area contributed by atoms with Gasteiger partial charge in [-0.15, -0.1) is 0 Å². The van der Waals surface area contributed by atoms with Crippen LogP contribution in [0.4, 0.5) is 10.1 Å². The standard InChI is InChI=1S/C21H23FN6O2/c1-14(28-10-4-9-23-28)21(30)27-11-7-15(8-12-27)18-13-19(26-25-18)20(29)24-17-6-3-2-5-16(17)22/h2-6,9-10,13-15H,7-8,11-12H2,1H3,(H,24,29)(H,25,26). The lowest BCUT2D eigenvalue weighted by Crippen LogP contribution is -2.41. The van der Waals surface area contributed by atoms with Crippen LogP contribution in [0.25, 0.3) is 0 Å². The second-order valence-corrected chi connectivity index (χ2v) is 7.40. The molecule has 1 aromatic carbocycles.